The minimum Gasteiger partial charge on any atom is -0.366 e. The number of benzene rings is 2. The van der Waals surface area contributed by atoms with Crippen molar-refractivity contribution in [2.45, 2.75) is 31.6 Å². The predicted octanol–water partition coefficient (Wildman–Crippen LogP) is 3.94. The Morgan fingerprint density at radius 3 is 2.55 bits per heavy atom. The van der Waals surface area contributed by atoms with E-state index >= 15 is 0 Å². The summed E-state index contributed by atoms with van der Waals surface area (Å²) in [6.07, 6.45) is -2.85. The van der Waals surface area contributed by atoms with Crippen LogP contribution in [-0.4, -0.2) is 67.4 Å². The number of amides is 3. The van der Waals surface area contributed by atoms with Crippen LogP contribution in [0.25, 0.3) is 10.9 Å². The first kappa shape index (κ1) is 28.8. The zero-order chi connectivity index (χ0) is 28.9. The highest BCUT2D eigenvalue weighted by molar-refractivity contribution is 6.01. The van der Waals surface area contributed by atoms with Crippen molar-refractivity contribution in [2.75, 3.05) is 44.2 Å². The Balaban J connectivity index is 1.59. The summed E-state index contributed by atoms with van der Waals surface area (Å²) < 4.78 is 41.7. The number of nitrogens with zero attached hydrogens (tertiary/aromatic N) is 3. The van der Waals surface area contributed by atoms with Crippen molar-refractivity contribution in [3.8, 4) is 11.8 Å². The number of hydroxylamine groups is 1. The van der Waals surface area contributed by atoms with Gasteiger partial charge in [-0.05, 0) is 75.3 Å². The second kappa shape index (κ2) is 12.3. The second-order valence-corrected chi connectivity index (χ2v) is 9.58. The molecule has 0 bridgehead atoms. The summed E-state index contributed by atoms with van der Waals surface area (Å²) in [6.45, 7) is 0.497. The van der Waals surface area contributed by atoms with E-state index in [9.17, 15) is 22.8 Å². The average Bonchev–Trinajstić information content (AvgIpc) is 3.24. The number of alkyl halides is 3. The van der Waals surface area contributed by atoms with Crippen LogP contribution >= 0.6 is 0 Å². The molecule has 9 nitrogen and oxygen atoms in total. The summed E-state index contributed by atoms with van der Waals surface area (Å²) in [5.41, 5.74) is 6.92. The third kappa shape index (κ3) is 7.25. The number of carbonyl (C=O) groups is 2. The molecule has 1 aliphatic rings. The first-order valence-corrected chi connectivity index (χ1v) is 12.7. The van der Waals surface area contributed by atoms with Crippen LogP contribution in [0, 0.1) is 11.8 Å². The van der Waals surface area contributed by atoms with Gasteiger partial charge in [0.1, 0.15) is 13.1 Å². The van der Waals surface area contributed by atoms with E-state index in [1.54, 1.807) is 36.4 Å². The highest BCUT2D eigenvalue weighted by Crippen LogP contribution is 2.30. The number of halogens is 3. The normalized spacial score (nSPS) is 14.4. The maximum atomic E-state index is 13.5. The Morgan fingerprint density at radius 2 is 1.88 bits per heavy atom. The van der Waals surface area contributed by atoms with E-state index in [1.165, 1.54) is 24.3 Å². The fraction of sp³-hybridized carbons (Fsp3) is 0.357. The smallest absolute Gasteiger partial charge is 0.366 e. The van der Waals surface area contributed by atoms with Gasteiger partial charge < -0.3 is 25.8 Å². The molecule has 0 aliphatic carbocycles. The zero-order valence-electron chi connectivity index (χ0n) is 22.2. The molecule has 12 heteroatoms. The molecule has 3 aromatic rings. The molecule has 0 unspecified atom stereocenters. The quantitative estimate of drug-likeness (QED) is 0.302. The van der Waals surface area contributed by atoms with Crippen LogP contribution in [0.1, 0.15) is 28.9 Å². The predicted molar refractivity (Wildman–Crippen MR) is 147 cm³/mol. The maximum Gasteiger partial charge on any atom is 0.406 e. The van der Waals surface area contributed by atoms with Crippen molar-refractivity contribution in [2.24, 2.45) is 5.73 Å². The van der Waals surface area contributed by atoms with Gasteiger partial charge in [0.25, 0.3) is 0 Å². The maximum absolute atomic E-state index is 13.5. The number of likely N-dealkylation sites (tertiary alicyclic amines) is 1. The zero-order valence-corrected chi connectivity index (χ0v) is 22.2. The minimum absolute atomic E-state index is 0.00362. The van der Waals surface area contributed by atoms with E-state index in [4.69, 9.17) is 10.6 Å². The van der Waals surface area contributed by atoms with Gasteiger partial charge in [-0.15, -0.1) is 0 Å². The summed E-state index contributed by atoms with van der Waals surface area (Å²) in [6, 6.07) is 12.3. The van der Waals surface area contributed by atoms with Gasteiger partial charge in [-0.1, -0.05) is 18.1 Å². The number of fused-ring (bicyclic) bond motifs is 1. The molecular formula is C28H31F3N6O3. The van der Waals surface area contributed by atoms with Crippen molar-refractivity contribution in [1.82, 2.24) is 14.8 Å². The van der Waals surface area contributed by atoms with E-state index in [-0.39, 0.29) is 29.4 Å². The van der Waals surface area contributed by atoms with Crippen LogP contribution in [0.4, 0.5) is 29.3 Å². The Labute approximate surface area is 230 Å². The monoisotopic (exact) mass is 556 g/mol. The molecule has 0 radical (unpaired) electrons. The van der Waals surface area contributed by atoms with E-state index in [0.29, 0.717) is 16.8 Å². The summed E-state index contributed by atoms with van der Waals surface area (Å²) in [5.74, 6) is 5.06. The lowest BCUT2D eigenvalue weighted by Gasteiger charge is -2.29. The summed E-state index contributed by atoms with van der Waals surface area (Å²) in [7, 11) is 3.44. The summed E-state index contributed by atoms with van der Waals surface area (Å²) in [4.78, 5) is 31.8. The molecule has 2 aromatic carbocycles. The molecule has 1 aliphatic heterocycles. The van der Waals surface area contributed by atoms with Gasteiger partial charge in [-0.3, -0.25) is 9.63 Å². The Hall–Kier alpha value is -4.21. The van der Waals surface area contributed by atoms with Crippen molar-refractivity contribution in [3.05, 3.63) is 59.8 Å². The molecule has 40 heavy (non-hydrogen) atoms. The SMILES string of the molecule is CON(CC#Cc1cc2c(NC(=O)NC3CCN(C)CC3)cccc2n1CC(F)(F)F)c1cccc(C(N)=O)c1. The average molecular weight is 557 g/mol. The fourth-order valence-electron chi connectivity index (χ4n) is 4.62. The molecular weight excluding hydrogens is 525 g/mol. The van der Waals surface area contributed by atoms with Crippen molar-refractivity contribution < 1.29 is 27.6 Å². The van der Waals surface area contributed by atoms with E-state index < -0.39 is 24.7 Å². The first-order valence-electron chi connectivity index (χ1n) is 12.7. The largest absolute Gasteiger partial charge is 0.406 e. The number of primary amides is 1. The first-order chi connectivity index (χ1) is 19.0. The number of nitrogens with two attached hydrogens (primary N) is 1. The molecule has 4 N–H and O–H groups in total. The number of anilines is 2. The number of aromatic nitrogens is 1. The van der Waals surface area contributed by atoms with Gasteiger partial charge in [0.15, 0.2) is 0 Å². The topological polar surface area (TPSA) is 105 Å². The highest BCUT2D eigenvalue weighted by atomic mass is 19.4. The molecule has 2 heterocycles. The van der Waals surface area contributed by atoms with Crippen LogP contribution < -0.4 is 21.4 Å². The summed E-state index contributed by atoms with van der Waals surface area (Å²) >= 11 is 0. The molecule has 1 fully saturated rings. The van der Waals surface area contributed by atoms with Crippen molar-refractivity contribution >= 4 is 34.2 Å². The molecule has 3 amide bonds. The summed E-state index contributed by atoms with van der Waals surface area (Å²) in [5, 5.41) is 7.57. The number of hydrogen-bond acceptors (Lipinski definition) is 5. The minimum atomic E-state index is -4.49. The van der Waals surface area contributed by atoms with Gasteiger partial charge >= 0.3 is 12.2 Å². The van der Waals surface area contributed by atoms with Crippen LogP contribution in [0.2, 0.25) is 0 Å². The number of piperidine rings is 1. The molecule has 0 saturated carbocycles. The molecule has 212 valence electrons. The van der Waals surface area contributed by atoms with E-state index in [1.807, 2.05) is 7.05 Å². The number of urea groups is 1. The van der Waals surface area contributed by atoms with Crippen molar-refractivity contribution in [3.63, 3.8) is 0 Å². The Kier molecular flexibility index (Phi) is 8.86. The third-order valence-electron chi connectivity index (χ3n) is 6.66. The Bertz CT molecular complexity index is 1430. The molecule has 4 rings (SSSR count). The number of carbonyl (C=O) groups excluding carboxylic acids is 2. The van der Waals surface area contributed by atoms with Crippen molar-refractivity contribution in [1.29, 1.82) is 0 Å². The van der Waals surface area contributed by atoms with Gasteiger partial charge in [0.05, 0.1) is 29.7 Å². The number of hydrogen-bond donors (Lipinski definition) is 3. The highest BCUT2D eigenvalue weighted by Gasteiger charge is 2.30. The van der Waals surface area contributed by atoms with Crippen LogP contribution in [0.5, 0.6) is 0 Å². The molecule has 1 aromatic heterocycles. The fourth-order valence-corrected chi connectivity index (χ4v) is 4.62. The number of rotatable bonds is 7. The molecule has 0 atom stereocenters. The lowest BCUT2D eigenvalue weighted by molar-refractivity contribution is -0.140. The van der Waals surface area contributed by atoms with Gasteiger partial charge in [0, 0.05) is 17.0 Å². The van der Waals surface area contributed by atoms with Crippen LogP contribution in [0.15, 0.2) is 48.5 Å². The van der Waals surface area contributed by atoms with Gasteiger partial charge in [-0.25, -0.2) is 9.86 Å². The van der Waals surface area contributed by atoms with Crippen LogP contribution in [0.3, 0.4) is 0 Å². The molecule has 1 saturated heterocycles. The van der Waals surface area contributed by atoms with Gasteiger partial charge in [-0.2, -0.15) is 13.2 Å². The lowest BCUT2D eigenvalue weighted by atomic mass is 10.1. The standard InChI is InChI=1S/C28H31F3N6O3/c1-35-14-11-20(12-15-35)33-27(39)34-24-9-4-10-25-23(24)17-21(36(25)18-28(29,30)31)8-5-13-37(40-2)22-7-3-6-19(16-22)26(32)38/h3-4,6-7,9-10,16-17,20H,11-15,18H2,1-2H3,(H2,32,38)(H2,33,34,39). The Morgan fingerprint density at radius 1 is 1.15 bits per heavy atom. The third-order valence-corrected chi connectivity index (χ3v) is 6.66. The van der Waals surface area contributed by atoms with Gasteiger partial charge in [0.2, 0.25) is 5.91 Å². The van der Waals surface area contributed by atoms with E-state index in [2.05, 4.69) is 27.4 Å². The number of nitrogens with one attached hydrogen (secondary N) is 2. The second-order valence-electron chi connectivity index (χ2n) is 9.58. The van der Waals surface area contributed by atoms with E-state index in [0.717, 1.165) is 30.5 Å². The van der Waals surface area contributed by atoms with Crippen LogP contribution in [-0.2, 0) is 11.4 Å². The molecule has 0 spiro atoms. The lowest BCUT2D eigenvalue weighted by Crippen LogP contribution is -2.44.